The molecule has 0 atom stereocenters. The average Bonchev–Trinajstić information content (AvgIpc) is 2.95. The molecule has 2 aromatic heterocycles. The zero-order valence-corrected chi connectivity index (χ0v) is 12.3. The summed E-state index contributed by atoms with van der Waals surface area (Å²) in [6.45, 7) is 3.64. The molecule has 0 aliphatic rings. The normalized spacial score (nSPS) is 10.3. The smallest absolute Gasteiger partial charge is 0.350 e. The van der Waals surface area contributed by atoms with Crippen LogP contribution in [0, 0.1) is 13.8 Å². The molecular formula is C12H12N2O3S2. The lowest BCUT2D eigenvalue weighted by Gasteiger charge is -1.97. The Morgan fingerprint density at radius 2 is 2.00 bits per heavy atom. The first kappa shape index (κ1) is 13.7. The Bertz CT molecular complexity index is 631. The maximum Gasteiger partial charge on any atom is 0.350 e. The minimum Gasteiger partial charge on any atom is -0.465 e. The number of amides is 1. The van der Waals surface area contributed by atoms with Crippen LogP contribution in [0.2, 0.25) is 0 Å². The number of thiophene rings is 1. The number of methoxy groups -OCH3 is 1. The maximum absolute atomic E-state index is 11.9. The number of nitrogens with one attached hydrogen (secondary N) is 1. The van der Waals surface area contributed by atoms with E-state index in [0.29, 0.717) is 20.6 Å². The highest BCUT2D eigenvalue weighted by atomic mass is 32.1. The number of ether oxygens (including phenoxy) is 1. The van der Waals surface area contributed by atoms with E-state index in [0.717, 1.165) is 16.2 Å². The molecular weight excluding hydrogens is 284 g/mol. The Morgan fingerprint density at radius 3 is 2.58 bits per heavy atom. The van der Waals surface area contributed by atoms with Crippen molar-refractivity contribution in [1.82, 2.24) is 4.98 Å². The van der Waals surface area contributed by atoms with E-state index < -0.39 is 5.97 Å². The van der Waals surface area contributed by atoms with Crippen molar-refractivity contribution in [2.75, 3.05) is 12.4 Å². The molecule has 2 heterocycles. The highest BCUT2D eigenvalue weighted by molar-refractivity contribution is 7.18. The lowest BCUT2D eigenvalue weighted by atomic mass is 10.4. The van der Waals surface area contributed by atoms with Gasteiger partial charge in [-0.1, -0.05) is 11.3 Å². The fourth-order valence-electron chi connectivity index (χ4n) is 1.45. The highest BCUT2D eigenvalue weighted by Crippen LogP contribution is 2.24. The maximum atomic E-state index is 11.9. The van der Waals surface area contributed by atoms with Crippen molar-refractivity contribution in [2.45, 2.75) is 13.8 Å². The fraction of sp³-hybridized carbons (Fsp3) is 0.250. The predicted octanol–water partition coefficient (Wildman–Crippen LogP) is 2.86. The second-order valence-corrected chi connectivity index (χ2v) is 6.08. The Hall–Kier alpha value is -1.73. The first-order valence-electron chi connectivity index (χ1n) is 5.45. The molecule has 0 aromatic carbocycles. The molecule has 0 aliphatic heterocycles. The van der Waals surface area contributed by atoms with Crippen LogP contribution >= 0.6 is 22.7 Å². The summed E-state index contributed by atoms with van der Waals surface area (Å²) >= 11 is 2.52. The van der Waals surface area contributed by atoms with Crippen LogP contribution in [0.25, 0.3) is 0 Å². The Balaban J connectivity index is 2.16. The zero-order chi connectivity index (χ0) is 14.0. The van der Waals surface area contributed by atoms with Gasteiger partial charge >= 0.3 is 5.97 Å². The van der Waals surface area contributed by atoms with Gasteiger partial charge in [0.2, 0.25) is 0 Å². The van der Waals surface area contributed by atoms with Gasteiger partial charge in [-0.05, 0) is 26.0 Å². The molecule has 1 amide bonds. The van der Waals surface area contributed by atoms with Crippen LogP contribution in [0.4, 0.5) is 5.13 Å². The molecule has 0 fully saturated rings. The number of carbonyl (C=O) groups is 2. The molecule has 0 bridgehead atoms. The van der Waals surface area contributed by atoms with E-state index in [1.807, 2.05) is 13.0 Å². The second kappa shape index (κ2) is 5.50. The van der Waals surface area contributed by atoms with Crippen molar-refractivity contribution in [3.05, 3.63) is 32.5 Å². The highest BCUT2D eigenvalue weighted by Gasteiger charge is 2.17. The third-order valence-electron chi connectivity index (χ3n) is 2.35. The van der Waals surface area contributed by atoms with Crippen LogP contribution in [0.15, 0.2) is 12.1 Å². The first-order chi connectivity index (χ1) is 9.01. The van der Waals surface area contributed by atoms with E-state index in [4.69, 9.17) is 0 Å². The molecule has 19 heavy (non-hydrogen) atoms. The third-order valence-corrected chi connectivity index (χ3v) is 4.40. The van der Waals surface area contributed by atoms with Crippen molar-refractivity contribution < 1.29 is 14.3 Å². The van der Waals surface area contributed by atoms with Crippen LogP contribution < -0.4 is 5.32 Å². The van der Waals surface area contributed by atoms with Gasteiger partial charge in [0.25, 0.3) is 5.91 Å². The summed E-state index contributed by atoms with van der Waals surface area (Å²) < 4.78 is 4.64. The number of nitrogens with zero attached hydrogens (tertiary/aromatic N) is 1. The van der Waals surface area contributed by atoms with E-state index in [9.17, 15) is 9.59 Å². The molecule has 0 radical (unpaired) electrons. The molecule has 0 saturated heterocycles. The number of aryl methyl sites for hydroxylation is 2. The number of esters is 1. The summed E-state index contributed by atoms with van der Waals surface area (Å²) in [6.07, 6.45) is 0. The number of hydrogen-bond donors (Lipinski definition) is 1. The fourth-order valence-corrected chi connectivity index (χ4v) is 3.09. The summed E-state index contributed by atoms with van der Waals surface area (Å²) in [5.74, 6) is -0.661. The van der Waals surface area contributed by atoms with Crippen molar-refractivity contribution in [3.63, 3.8) is 0 Å². The molecule has 2 aromatic rings. The predicted molar refractivity (Wildman–Crippen MR) is 75.2 cm³/mol. The van der Waals surface area contributed by atoms with Gasteiger partial charge in [-0.2, -0.15) is 0 Å². The number of thiazole rings is 1. The molecule has 5 nitrogen and oxygen atoms in total. The van der Waals surface area contributed by atoms with E-state index in [1.54, 1.807) is 13.0 Å². The number of aromatic nitrogens is 1. The Kier molecular flexibility index (Phi) is 3.96. The van der Waals surface area contributed by atoms with E-state index in [-0.39, 0.29) is 5.91 Å². The van der Waals surface area contributed by atoms with Crippen molar-refractivity contribution in [3.8, 4) is 0 Å². The van der Waals surface area contributed by atoms with Gasteiger partial charge in [-0.3, -0.25) is 10.1 Å². The summed E-state index contributed by atoms with van der Waals surface area (Å²) in [5, 5.41) is 3.08. The van der Waals surface area contributed by atoms with Crippen LogP contribution in [0.3, 0.4) is 0 Å². The van der Waals surface area contributed by atoms with Gasteiger partial charge in [0.15, 0.2) is 5.13 Å². The Labute approximate surface area is 118 Å². The third kappa shape index (κ3) is 2.99. The number of rotatable bonds is 3. The topological polar surface area (TPSA) is 68.3 Å². The monoisotopic (exact) mass is 296 g/mol. The molecule has 0 aliphatic carbocycles. The van der Waals surface area contributed by atoms with Gasteiger partial charge < -0.3 is 4.74 Å². The van der Waals surface area contributed by atoms with Crippen molar-refractivity contribution in [1.29, 1.82) is 0 Å². The minimum atomic E-state index is -0.442. The average molecular weight is 296 g/mol. The van der Waals surface area contributed by atoms with Gasteiger partial charge in [-0.25, -0.2) is 9.78 Å². The van der Waals surface area contributed by atoms with E-state index >= 15 is 0 Å². The molecule has 1 N–H and O–H groups in total. The van der Waals surface area contributed by atoms with Gasteiger partial charge in [0.1, 0.15) is 4.88 Å². The molecule has 0 saturated carbocycles. The summed E-state index contributed by atoms with van der Waals surface area (Å²) in [4.78, 5) is 29.6. The summed E-state index contributed by atoms with van der Waals surface area (Å²) in [6, 6.07) is 3.64. The number of hydrogen-bond acceptors (Lipinski definition) is 6. The molecule has 0 spiro atoms. The second-order valence-electron chi connectivity index (χ2n) is 3.79. The first-order valence-corrected chi connectivity index (χ1v) is 7.08. The largest absolute Gasteiger partial charge is 0.465 e. The Morgan fingerprint density at radius 1 is 1.26 bits per heavy atom. The molecule has 2 rings (SSSR count). The number of anilines is 1. The standard InChI is InChI=1S/C12H12N2O3S2/c1-6-4-5-8(18-6)10(15)14-12-13-7(2)9(19-12)11(16)17-3/h4-5H,1-3H3,(H,13,14,15). The quantitative estimate of drug-likeness (QED) is 0.884. The van der Waals surface area contributed by atoms with Crippen LogP contribution in [0.1, 0.15) is 29.9 Å². The van der Waals surface area contributed by atoms with Crippen LogP contribution in [-0.4, -0.2) is 24.0 Å². The van der Waals surface area contributed by atoms with E-state index in [1.165, 1.54) is 18.4 Å². The summed E-state index contributed by atoms with van der Waals surface area (Å²) in [5.41, 5.74) is 0.550. The lowest BCUT2D eigenvalue weighted by molar-refractivity contribution is 0.0605. The number of carbonyl (C=O) groups excluding carboxylic acids is 2. The van der Waals surface area contributed by atoms with Crippen molar-refractivity contribution >= 4 is 39.7 Å². The van der Waals surface area contributed by atoms with Crippen LogP contribution in [-0.2, 0) is 4.74 Å². The minimum absolute atomic E-state index is 0.219. The SMILES string of the molecule is COC(=O)c1sc(NC(=O)c2ccc(C)s2)nc1C. The van der Waals surface area contributed by atoms with Gasteiger partial charge in [0, 0.05) is 4.88 Å². The van der Waals surface area contributed by atoms with Crippen molar-refractivity contribution in [2.24, 2.45) is 0 Å². The lowest BCUT2D eigenvalue weighted by Crippen LogP contribution is -2.09. The molecule has 7 heteroatoms. The molecule has 0 unspecified atom stereocenters. The van der Waals surface area contributed by atoms with Crippen LogP contribution in [0.5, 0.6) is 0 Å². The zero-order valence-electron chi connectivity index (χ0n) is 10.6. The molecule has 100 valence electrons. The van der Waals surface area contributed by atoms with Gasteiger partial charge in [-0.15, -0.1) is 11.3 Å². The summed E-state index contributed by atoms with van der Waals surface area (Å²) in [7, 11) is 1.31. The van der Waals surface area contributed by atoms with E-state index in [2.05, 4.69) is 15.0 Å². The van der Waals surface area contributed by atoms with Gasteiger partial charge in [0.05, 0.1) is 17.7 Å².